The van der Waals surface area contributed by atoms with Crippen LogP contribution in [0.2, 0.25) is 0 Å². The van der Waals surface area contributed by atoms with Crippen molar-refractivity contribution in [2.24, 2.45) is 5.92 Å². The predicted molar refractivity (Wildman–Crippen MR) is 181 cm³/mol. The maximum atomic E-state index is 12.9. The molecule has 0 saturated carbocycles. The van der Waals surface area contributed by atoms with Crippen molar-refractivity contribution in [3.05, 3.63) is 96.5 Å². The van der Waals surface area contributed by atoms with Crippen molar-refractivity contribution in [2.45, 2.75) is 39.6 Å². The molecule has 12 nitrogen and oxygen atoms in total. The van der Waals surface area contributed by atoms with Crippen LogP contribution in [-0.4, -0.2) is 66.0 Å². The van der Waals surface area contributed by atoms with Crippen molar-refractivity contribution in [3.63, 3.8) is 0 Å². The van der Waals surface area contributed by atoms with Gasteiger partial charge in [0, 0.05) is 37.1 Å². The number of likely N-dealkylation sites (N-methyl/N-ethyl adjacent to an activating group) is 1. The third-order valence-corrected chi connectivity index (χ3v) is 6.94. The molecule has 1 atom stereocenters. The molecule has 3 aromatic carbocycles. The van der Waals surface area contributed by atoms with Crippen LogP contribution in [0.3, 0.4) is 0 Å². The molecule has 3 amide bonds. The molecule has 15 heteroatoms. The molecule has 4 rings (SSSR count). The number of carbonyl (C=O) groups excluding carboxylic acids is 2. The lowest BCUT2D eigenvalue weighted by molar-refractivity contribution is -0.192. The predicted octanol–water partition coefficient (Wildman–Crippen LogP) is 7.57. The highest BCUT2D eigenvalue weighted by molar-refractivity contribution is 6.00. The summed E-state index contributed by atoms with van der Waals surface area (Å²) in [5.74, 6) is -1.16. The van der Waals surface area contributed by atoms with Gasteiger partial charge >= 0.3 is 24.3 Å². The van der Waals surface area contributed by atoms with Gasteiger partial charge in [0.25, 0.3) is 0 Å². The fourth-order valence-corrected chi connectivity index (χ4v) is 4.68. The Balaban J connectivity index is 0.000000872. The van der Waals surface area contributed by atoms with Gasteiger partial charge in [0.05, 0.1) is 18.9 Å². The molecule has 1 aromatic heterocycles. The average molecular weight is 700 g/mol. The van der Waals surface area contributed by atoms with Gasteiger partial charge in [-0.15, -0.1) is 0 Å². The number of alkyl carbamates (subject to hydrolysis) is 1. The van der Waals surface area contributed by atoms with Gasteiger partial charge in [-0.05, 0) is 47.9 Å². The maximum absolute atomic E-state index is 12.9. The van der Waals surface area contributed by atoms with Crippen LogP contribution in [-0.2, 0) is 16.1 Å². The third-order valence-electron chi connectivity index (χ3n) is 6.94. The zero-order valence-electron chi connectivity index (χ0n) is 28.0. The number of urea groups is 1. The fourth-order valence-electron chi connectivity index (χ4n) is 4.68. The van der Waals surface area contributed by atoms with Crippen LogP contribution in [0.15, 0.2) is 89.8 Å². The topological polar surface area (TPSA) is 155 Å². The molecule has 0 bridgehead atoms. The SMILES string of the molecule is CCN(CC(C)C)CC(OC(=O)NCc1cccc(NC(=O)Nc2ccc(-c3cnco3)c(OC)c2)c1)c1ccccc1.O=C(O)C(F)(F)F. The van der Waals surface area contributed by atoms with Crippen molar-refractivity contribution >= 4 is 29.5 Å². The van der Waals surface area contributed by atoms with Crippen LogP contribution in [0.1, 0.15) is 38.0 Å². The number of benzene rings is 3. The summed E-state index contributed by atoms with van der Waals surface area (Å²) in [5.41, 5.74) is 3.59. The summed E-state index contributed by atoms with van der Waals surface area (Å²) >= 11 is 0. The minimum atomic E-state index is -5.08. The minimum absolute atomic E-state index is 0.237. The fraction of sp³-hybridized carbons (Fsp3) is 0.314. The standard InChI is InChI=1S/C33H39N5O5.C2HF3O2/c1-5-38(20-23(2)3)21-31(25-11-7-6-8-12-25)43-33(40)35-18-24-10-9-13-26(16-24)36-32(39)37-27-14-15-28(29(17-27)41-4)30-19-34-22-42-30;3-2(4,5)1(6)7/h6-17,19,22-23,31H,5,18,20-21H2,1-4H3,(H,35,40)(H2,36,37,39);(H,6,7). The van der Waals surface area contributed by atoms with E-state index >= 15 is 0 Å². The Morgan fingerprint density at radius 2 is 1.64 bits per heavy atom. The van der Waals surface area contributed by atoms with E-state index in [9.17, 15) is 22.8 Å². The second-order valence-electron chi connectivity index (χ2n) is 11.3. The van der Waals surface area contributed by atoms with E-state index in [1.807, 2.05) is 42.5 Å². The summed E-state index contributed by atoms with van der Waals surface area (Å²) < 4.78 is 48.4. The highest BCUT2D eigenvalue weighted by Crippen LogP contribution is 2.32. The monoisotopic (exact) mass is 699 g/mol. The second-order valence-corrected chi connectivity index (χ2v) is 11.3. The number of rotatable bonds is 13. The van der Waals surface area contributed by atoms with E-state index in [0.29, 0.717) is 35.3 Å². The normalized spacial score (nSPS) is 11.6. The van der Waals surface area contributed by atoms with Crippen LogP contribution < -0.4 is 20.7 Å². The van der Waals surface area contributed by atoms with Crippen LogP contribution in [0.25, 0.3) is 11.3 Å². The highest BCUT2D eigenvalue weighted by atomic mass is 19.4. The van der Waals surface area contributed by atoms with Gasteiger partial charge in [-0.2, -0.15) is 13.2 Å². The largest absolute Gasteiger partial charge is 0.496 e. The van der Waals surface area contributed by atoms with E-state index in [4.69, 9.17) is 23.8 Å². The van der Waals surface area contributed by atoms with Gasteiger partial charge < -0.3 is 34.9 Å². The molecule has 0 fully saturated rings. The number of amides is 3. The number of aromatic nitrogens is 1. The lowest BCUT2D eigenvalue weighted by atomic mass is 10.1. The van der Waals surface area contributed by atoms with Crippen LogP contribution >= 0.6 is 0 Å². The van der Waals surface area contributed by atoms with Crippen molar-refractivity contribution < 1.29 is 46.6 Å². The first-order chi connectivity index (χ1) is 23.8. The molecule has 0 spiro atoms. The van der Waals surface area contributed by atoms with Gasteiger partial charge in [-0.1, -0.05) is 63.2 Å². The highest BCUT2D eigenvalue weighted by Gasteiger charge is 2.38. The van der Waals surface area contributed by atoms with Crippen LogP contribution in [0, 0.1) is 5.92 Å². The smallest absolute Gasteiger partial charge is 0.490 e. The number of aliphatic carboxylic acids is 1. The van der Waals surface area contributed by atoms with E-state index in [1.165, 1.54) is 6.39 Å². The number of nitrogens with zero attached hydrogens (tertiary/aromatic N) is 2. The molecule has 1 heterocycles. The number of oxazole rings is 1. The quantitative estimate of drug-likeness (QED) is 0.111. The summed E-state index contributed by atoms with van der Waals surface area (Å²) in [6.45, 7) is 9.09. The lowest BCUT2D eigenvalue weighted by Gasteiger charge is -2.28. The molecule has 0 saturated heterocycles. The first kappa shape index (κ1) is 38.9. The third kappa shape index (κ3) is 12.8. The molecule has 0 aliphatic rings. The Bertz CT molecular complexity index is 1670. The zero-order chi connectivity index (χ0) is 36.7. The van der Waals surface area contributed by atoms with E-state index in [0.717, 1.165) is 29.8 Å². The number of hydrogen-bond acceptors (Lipinski definition) is 8. The molecule has 4 aromatic rings. The number of methoxy groups -OCH3 is 1. The first-order valence-corrected chi connectivity index (χ1v) is 15.5. The van der Waals surface area contributed by atoms with E-state index in [-0.39, 0.29) is 6.54 Å². The number of halogens is 3. The number of ether oxygens (including phenoxy) is 2. The Hall–Kier alpha value is -5.57. The number of carboxylic acids is 1. The first-order valence-electron chi connectivity index (χ1n) is 15.5. The number of carbonyl (C=O) groups is 3. The summed E-state index contributed by atoms with van der Waals surface area (Å²) in [7, 11) is 1.54. The van der Waals surface area contributed by atoms with Crippen molar-refractivity contribution in [1.82, 2.24) is 15.2 Å². The summed E-state index contributed by atoms with van der Waals surface area (Å²) in [6.07, 6.45) is -3.06. The van der Waals surface area contributed by atoms with Crippen LogP contribution in [0.5, 0.6) is 5.75 Å². The summed E-state index contributed by atoms with van der Waals surface area (Å²) in [4.78, 5) is 40.7. The lowest BCUT2D eigenvalue weighted by Crippen LogP contribution is -2.35. The van der Waals surface area contributed by atoms with Crippen molar-refractivity contribution in [2.75, 3.05) is 37.4 Å². The molecular weight excluding hydrogens is 659 g/mol. The molecule has 0 aliphatic carbocycles. The Kier molecular flexibility index (Phi) is 14.6. The van der Waals surface area contributed by atoms with E-state index < -0.39 is 30.4 Å². The average Bonchev–Trinajstić information content (AvgIpc) is 3.62. The van der Waals surface area contributed by atoms with Crippen molar-refractivity contribution in [3.8, 4) is 17.1 Å². The van der Waals surface area contributed by atoms with Gasteiger partial charge in [0.1, 0.15) is 11.9 Å². The number of hydrogen-bond donors (Lipinski definition) is 4. The molecule has 1 unspecified atom stereocenters. The number of anilines is 2. The summed E-state index contributed by atoms with van der Waals surface area (Å²) in [6, 6.07) is 21.8. The van der Waals surface area contributed by atoms with Crippen LogP contribution in [0.4, 0.5) is 34.1 Å². The van der Waals surface area contributed by atoms with E-state index in [1.54, 1.807) is 43.6 Å². The second kappa shape index (κ2) is 18.8. The summed E-state index contributed by atoms with van der Waals surface area (Å²) in [5, 5.41) is 15.6. The zero-order valence-corrected chi connectivity index (χ0v) is 28.0. The molecule has 0 aliphatic heterocycles. The molecular formula is C35H40F3N5O7. The maximum Gasteiger partial charge on any atom is 0.490 e. The molecule has 0 radical (unpaired) electrons. The molecule has 50 heavy (non-hydrogen) atoms. The Morgan fingerprint density at radius 3 is 2.22 bits per heavy atom. The Morgan fingerprint density at radius 1 is 0.960 bits per heavy atom. The molecule has 268 valence electrons. The number of carboxylic acid groups (broad SMARTS) is 1. The van der Waals surface area contributed by atoms with Gasteiger partial charge in [-0.3, -0.25) is 4.90 Å². The number of nitrogens with one attached hydrogen (secondary N) is 3. The molecule has 4 N–H and O–H groups in total. The van der Waals surface area contributed by atoms with Gasteiger partial charge in [-0.25, -0.2) is 19.4 Å². The number of alkyl halides is 3. The minimum Gasteiger partial charge on any atom is -0.496 e. The van der Waals surface area contributed by atoms with Gasteiger partial charge in [0.15, 0.2) is 12.2 Å². The Labute approximate surface area is 287 Å². The van der Waals surface area contributed by atoms with Crippen molar-refractivity contribution in [1.29, 1.82) is 0 Å². The van der Waals surface area contributed by atoms with E-state index in [2.05, 4.69) is 46.6 Å². The van der Waals surface area contributed by atoms with Gasteiger partial charge in [0.2, 0.25) is 0 Å².